The molecular formula is C22H20ClIrN2O4-. The van der Waals surface area contributed by atoms with Crippen LogP contribution in [0.25, 0.3) is 22.2 Å². The number of rotatable bonds is 3. The maximum atomic E-state index is 11.5. The van der Waals surface area contributed by atoms with Crippen LogP contribution in [0.3, 0.4) is 0 Å². The van der Waals surface area contributed by atoms with Crippen molar-refractivity contribution in [2.45, 2.75) is 25.3 Å². The molecule has 1 radical (unpaired) electrons. The van der Waals surface area contributed by atoms with E-state index in [1.807, 2.05) is 47.2 Å². The van der Waals surface area contributed by atoms with Crippen LogP contribution in [0.4, 0.5) is 0 Å². The van der Waals surface area contributed by atoms with Crippen molar-refractivity contribution in [2.75, 3.05) is 6.61 Å². The molecule has 6 nitrogen and oxygen atoms in total. The number of aromatic nitrogens is 2. The Balaban J connectivity index is 0.000000350. The van der Waals surface area contributed by atoms with E-state index in [2.05, 4.69) is 11.1 Å². The van der Waals surface area contributed by atoms with Gasteiger partial charge in [0, 0.05) is 38.6 Å². The average molecular weight is 604 g/mol. The van der Waals surface area contributed by atoms with Crippen molar-refractivity contribution in [2.24, 2.45) is 0 Å². The smallest absolute Gasteiger partial charge is 0.326 e. The Morgan fingerprint density at radius 1 is 1.33 bits per heavy atom. The molecule has 0 bridgehead atoms. The number of halogens is 1. The van der Waals surface area contributed by atoms with Gasteiger partial charge in [-0.3, -0.25) is 14.6 Å². The van der Waals surface area contributed by atoms with Crippen molar-refractivity contribution in [3.8, 4) is 11.4 Å². The largest absolute Gasteiger partial charge is 0.512 e. The Labute approximate surface area is 192 Å². The second-order valence-electron chi connectivity index (χ2n) is 6.63. The van der Waals surface area contributed by atoms with Gasteiger partial charge < -0.3 is 14.4 Å². The molecule has 2 atom stereocenters. The minimum Gasteiger partial charge on any atom is -0.512 e. The molecule has 30 heavy (non-hydrogen) atoms. The number of alkyl halides is 1. The first-order valence-electron chi connectivity index (χ1n) is 8.99. The molecule has 1 fully saturated rings. The number of nitrogens with zero attached hydrogens (tertiary/aromatic N) is 2. The van der Waals surface area contributed by atoms with E-state index in [-0.39, 0.29) is 50.3 Å². The van der Waals surface area contributed by atoms with Crippen LogP contribution in [0.2, 0.25) is 0 Å². The maximum absolute atomic E-state index is 11.5. The number of cyclic esters (lactones) is 1. The van der Waals surface area contributed by atoms with E-state index in [4.69, 9.17) is 21.4 Å². The van der Waals surface area contributed by atoms with Crippen LogP contribution in [0.5, 0.6) is 0 Å². The summed E-state index contributed by atoms with van der Waals surface area (Å²) < 4.78 is 6.92. The fourth-order valence-electron chi connectivity index (χ4n) is 3.05. The van der Waals surface area contributed by atoms with E-state index in [9.17, 15) is 9.59 Å². The van der Waals surface area contributed by atoms with Crippen LogP contribution in [0.15, 0.2) is 60.6 Å². The van der Waals surface area contributed by atoms with Gasteiger partial charge in [-0.15, -0.1) is 40.7 Å². The monoisotopic (exact) mass is 604 g/mol. The first kappa shape index (κ1) is 23.8. The second-order valence-corrected chi connectivity index (χ2v) is 7.10. The van der Waals surface area contributed by atoms with Crippen molar-refractivity contribution in [3.05, 3.63) is 66.7 Å². The van der Waals surface area contributed by atoms with Gasteiger partial charge in [0.2, 0.25) is 0 Å². The normalized spacial score (nSPS) is 18.2. The summed E-state index contributed by atoms with van der Waals surface area (Å²) in [5.74, 6) is 0.293. The third kappa shape index (κ3) is 5.57. The van der Waals surface area contributed by atoms with Gasteiger partial charge in [-0.25, -0.2) is 0 Å². The van der Waals surface area contributed by atoms with E-state index >= 15 is 0 Å². The van der Waals surface area contributed by atoms with Crippen LogP contribution in [0, 0.1) is 6.07 Å². The van der Waals surface area contributed by atoms with Crippen LogP contribution in [-0.4, -0.2) is 38.4 Å². The van der Waals surface area contributed by atoms with E-state index in [1.165, 1.54) is 19.9 Å². The summed E-state index contributed by atoms with van der Waals surface area (Å²) in [6.45, 7) is 3.12. The first-order valence-corrected chi connectivity index (χ1v) is 9.42. The number of carbonyl (C=O) groups excluding carboxylic acids is 2. The van der Waals surface area contributed by atoms with Crippen molar-refractivity contribution >= 4 is 34.1 Å². The molecule has 2 heterocycles. The van der Waals surface area contributed by atoms with E-state index < -0.39 is 5.38 Å². The number of ketones is 1. The molecule has 159 valence electrons. The fraction of sp³-hybridized carbons (Fsp3) is 0.227. The molecule has 1 aliphatic heterocycles. The van der Waals surface area contributed by atoms with Gasteiger partial charge in [0.05, 0.1) is 17.6 Å². The molecule has 1 N–H and O–H groups in total. The molecule has 4 rings (SSSR count). The SMILES string of the molecule is CC(=O)/C=C(/C)O.O=C1OCC(n2ccnc2-c2[c-]cc3ccccc3c2)C1Cl.[Ir]. The minimum absolute atomic E-state index is 0. The van der Waals surface area contributed by atoms with E-state index in [0.29, 0.717) is 0 Å². The molecular weight excluding hydrogens is 584 g/mol. The molecule has 1 aliphatic rings. The second kappa shape index (κ2) is 10.5. The first-order chi connectivity index (χ1) is 13.9. The van der Waals surface area contributed by atoms with Crippen LogP contribution in [0.1, 0.15) is 19.9 Å². The zero-order chi connectivity index (χ0) is 21.0. The number of imidazole rings is 1. The van der Waals surface area contributed by atoms with Gasteiger partial charge in [-0.05, 0) is 13.8 Å². The molecule has 0 spiro atoms. The van der Waals surface area contributed by atoms with Gasteiger partial charge >= 0.3 is 5.97 Å². The van der Waals surface area contributed by atoms with E-state index in [1.54, 1.807) is 6.20 Å². The quantitative estimate of drug-likeness (QED) is 0.159. The van der Waals surface area contributed by atoms with E-state index in [0.717, 1.165) is 22.2 Å². The Bertz CT molecular complexity index is 1080. The summed E-state index contributed by atoms with van der Waals surface area (Å²) in [4.78, 5) is 25.9. The third-order valence-electron chi connectivity index (χ3n) is 4.32. The van der Waals surface area contributed by atoms with Crippen LogP contribution in [-0.2, 0) is 34.4 Å². The Morgan fingerprint density at radius 2 is 2.03 bits per heavy atom. The zero-order valence-corrected chi connectivity index (χ0v) is 19.5. The average Bonchev–Trinajstić information content (AvgIpc) is 3.28. The van der Waals surface area contributed by atoms with Crippen molar-refractivity contribution in [1.82, 2.24) is 9.55 Å². The number of aliphatic hydroxyl groups is 1. The number of hydrogen-bond donors (Lipinski definition) is 1. The predicted octanol–water partition coefficient (Wildman–Crippen LogP) is 4.24. The maximum Gasteiger partial charge on any atom is 0.326 e. The third-order valence-corrected chi connectivity index (χ3v) is 4.79. The number of fused-ring (bicyclic) bond motifs is 1. The summed E-state index contributed by atoms with van der Waals surface area (Å²) in [5.41, 5.74) is 0.868. The standard InChI is InChI=1S/C17H12ClN2O2.C5H8O2.Ir/c18-15-14(10-22-17(15)21)20-8-7-19-16(20)13-6-5-11-3-1-2-4-12(11)9-13;1-4(6)3-5(2)7;/h1-5,7-9,14-15H,10H2;3,6H,1-2H3;/q-1;;/b;4-3-;. The zero-order valence-electron chi connectivity index (χ0n) is 16.3. The minimum atomic E-state index is -0.687. The van der Waals surface area contributed by atoms with Gasteiger partial charge in [0.25, 0.3) is 0 Å². The molecule has 0 aliphatic carbocycles. The number of hydrogen-bond acceptors (Lipinski definition) is 5. The molecule has 0 saturated carbocycles. The summed E-state index contributed by atoms with van der Waals surface area (Å²) in [7, 11) is 0. The number of ether oxygens (including phenoxy) is 1. The molecule has 1 saturated heterocycles. The molecule has 3 aromatic rings. The topological polar surface area (TPSA) is 81.4 Å². The van der Waals surface area contributed by atoms with Crippen molar-refractivity contribution < 1.29 is 39.5 Å². The molecule has 2 unspecified atom stereocenters. The number of carbonyl (C=O) groups is 2. The summed E-state index contributed by atoms with van der Waals surface area (Å²) in [6.07, 6.45) is 4.69. The molecule has 8 heteroatoms. The summed E-state index contributed by atoms with van der Waals surface area (Å²) >= 11 is 6.14. The fourth-order valence-corrected chi connectivity index (χ4v) is 3.31. The predicted molar refractivity (Wildman–Crippen MR) is 111 cm³/mol. The number of allylic oxidation sites excluding steroid dienone is 2. The molecule has 0 amide bonds. The van der Waals surface area contributed by atoms with Crippen LogP contribution < -0.4 is 0 Å². The molecule has 1 aromatic heterocycles. The van der Waals surface area contributed by atoms with Gasteiger partial charge in [-0.1, -0.05) is 29.7 Å². The Morgan fingerprint density at radius 3 is 2.60 bits per heavy atom. The van der Waals surface area contributed by atoms with Gasteiger partial charge in [-0.2, -0.15) is 0 Å². The Kier molecular flexibility index (Phi) is 8.35. The van der Waals surface area contributed by atoms with Gasteiger partial charge in [0.1, 0.15) is 6.61 Å². The summed E-state index contributed by atoms with van der Waals surface area (Å²) in [5, 5.41) is 9.92. The molecule has 2 aromatic carbocycles. The summed E-state index contributed by atoms with van der Waals surface area (Å²) in [6, 6.07) is 15.1. The van der Waals surface area contributed by atoms with Crippen molar-refractivity contribution in [3.63, 3.8) is 0 Å². The van der Waals surface area contributed by atoms with Crippen molar-refractivity contribution in [1.29, 1.82) is 0 Å². The Hall–Kier alpha value is -2.47. The number of esters is 1. The van der Waals surface area contributed by atoms with Gasteiger partial charge in [0.15, 0.2) is 11.2 Å². The number of aliphatic hydroxyl groups excluding tert-OH is 1. The van der Waals surface area contributed by atoms with Crippen LogP contribution >= 0.6 is 11.6 Å². The number of benzene rings is 2.